The highest BCUT2D eigenvalue weighted by Crippen LogP contribution is 2.32. The maximum Gasteiger partial charge on any atom is 0.305 e. The van der Waals surface area contributed by atoms with Gasteiger partial charge in [0.05, 0.1) is 11.5 Å². The highest BCUT2D eigenvalue weighted by atomic mass is 35.5. The first kappa shape index (κ1) is 20.9. The van der Waals surface area contributed by atoms with E-state index in [1.807, 2.05) is 25.1 Å². The summed E-state index contributed by atoms with van der Waals surface area (Å²) in [4.78, 5) is 26.2. The van der Waals surface area contributed by atoms with E-state index in [1.165, 1.54) is 11.8 Å². The number of benzene rings is 1. The van der Waals surface area contributed by atoms with Gasteiger partial charge in [-0.3, -0.25) is 14.5 Å². The Morgan fingerprint density at radius 2 is 2.00 bits per heavy atom. The molecule has 0 N–H and O–H groups in total. The molecule has 0 spiro atoms. The summed E-state index contributed by atoms with van der Waals surface area (Å²) >= 11 is 12.5. The summed E-state index contributed by atoms with van der Waals surface area (Å²) in [5.41, 5.74) is 0.917. The van der Waals surface area contributed by atoms with Gasteiger partial charge in [0.2, 0.25) is 0 Å². The van der Waals surface area contributed by atoms with Gasteiger partial charge < -0.3 is 4.74 Å². The molecule has 1 aliphatic rings. The third kappa shape index (κ3) is 6.41. The Morgan fingerprint density at radius 3 is 2.69 bits per heavy atom. The van der Waals surface area contributed by atoms with Crippen LogP contribution in [0.2, 0.25) is 5.02 Å². The summed E-state index contributed by atoms with van der Waals surface area (Å²) in [6, 6.07) is 7.32. The van der Waals surface area contributed by atoms with Crippen molar-refractivity contribution in [2.24, 2.45) is 0 Å². The van der Waals surface area contributed by atoms with Crippen LogP contribution >= 0.6 is 35.6 Å². The maximum atomic E-state index is 12.5. The van der Waals surface area contributed by atoms with Crippen LogP contribution in [0, 0.1) is 0 Å². The van der Waals surface area contributed by atoms with E-state index >= 15 is 0 Å². The van der Waals surface area contributed by atoms with E-state index in [4.69, 9.17) is 28.6 Å². The molecule has 0 radical (unpaired) electrons. The van der Waals surface area contributed by atoms with Crippen molar-refractivity contribution >= 4 is 57.9 Å². The molecular formula is C19H22ClNO3S2. The number of amides is 1. The van der Waals surface area contributed by atoms with Crippen molar-refractivity contribution in [3.05, 3.63) is 39.8 Å². The topological polar surface area (TPSA) is 46.6 Å². The van der Waals surface area contributed by atoms with Gasteiger partial charge >= 0.3 is 5.97 Å². The monoisotopic (exact) mass is 411 g/mol. The van der Waals surface area contributed by atoms with Crippen LogP contribution in [0.15, 0.2) is 29.2 Å². The molecule has 1 heterocycles. The first-order valence-corrected chi connectivity index (χ1v) is 10.3. The molecule has 7 heteroatoms. The molecule has 0 saturated carbocycles. The number of rotatable bonds is 9. The zero-order valence-corrected chi connectivity index (χ0v) is 17.1. The Bertz CT molecular complexity index is 689. The second-order valence-corrected chi connectivity index (χ2v) is 8.03. The van der Waals surface area contributed by atoms with E-state index < -0.39 is 0 Å². The minimum absolute atomic E-state index is 0.0581. The van der Waals surface area contributed by atoms with Crippen LogP contribution in [-0.4, -0.2) is 34.2 Å². The van der Waals surface area contributed by atoms with Gasteiger partial charge in [0.25, 0.3) is 5.91 Å². The summed E-state index contributed by atoms with van der Waals surface area (Å²) in [6.45, 7) is 3.03. The number of carbonyl (C=O) groups excluding carboxylic acids is 2. The molecule has 4 nitrogen and oxygen atoms in total. The molecule has 1 aromatic carbocycles. The Labute approximate surface area is 168 Å². The van der Waals surface area contributed by atoms with Crippen LogP contribution in [0.3, 0.4) is 0 Å². The molecule has 0 unspecified atom stereocenters. The van der Waals surface area contributed by atoms with Crippen LogP contribution in [0.25, 0.3) is 6.08 Å². The first-order valence-electron chi connectivity index (χ1n) is 8.68. The van der Waals surface area contributed by atoms with Gasteiger partial charge in [0, 0.05) is 18.0 Å². The fourth-order valence-corrected chi connectivity index (χ4v) is 3.84. The number of carbonyl (C=O) groups is 2. The van der Waals surface area contributed by atoms with Gasteiger partial charge in [-0.05, 0) is 43.0 Å². The Hall–Kier alpha value is -1.37. The average molecular weight is 412 g/mol. The largest absolute Gasteiger partial charge is 0.466 e. The van der Waals surface area contributed by atoms with Crippen LogP contribution in [0.5, 0.6) is 0 Å². The second-order valence-electron chi connectivity index (χ2n) is 5.92. The number of nitrogens with zero attached hydrogens (tertiary/aromatic N) is 1. The average Bonchev–Trinajstić information content (AvgIpc) is 2.88. The quantitative estimate of drug-likeness (QED) is 0.246. The van der Waals surface area contributed by atoms with Crippen LogP contribution in [0.4, 0.5) is 0 Å². The molecule has 26 heavy (non-hydrogen) atoms. The predicted molar refractivity (Wildman–Crippen MR) is 111 cm³/mol. The fraction of sp³-hybridized carbons (Fsp3) is 0.421. The highest BCUT2D eigenvalue weighted by molar-refractivity contribution is 8.26. The molecule has 0 bridgehead atoms. The van der Waals surface area contributed by atoms with E-state index in [1.54, 1.807) is 17.0 Å². The number of unbranched alkanes of at least 4 members (excludes halogenated alkanes) is 2. The van der Waals surface area contributed by atoms with E-state index in [0.29, 0.717) is 33.8 Å². The van der Waals surface area contributed by atoms with Crippen molar-refractivity contribution in [1.82, 2.24) is 4.90 Å². The number of thiocarbonyl (C=S) groups is 1. The SMILES string of the molecule is CCCOC(=O)CCCCCN1C(=O)/C(=C/c2ccc(Cl)cc2)SC1=S. The molecule has 2 rings (SSSR count). The summed E-state index contributed by atoms with van der Waals surface area (Å²) < 4.78 is 5.62. The number of hydrogen-bond acceptors (Lipinski definition) is 5. The molecule has 1 aromatic rings. The van der Waals surface area contributed by atoms with Gasteiger partial charge in [-0.15, -0.1) is 0 Å². The number of halogens is 1. The predicted octanol–water partition coefficient (Wildman–Crippen LogP) is 5.05. The van der Waals surface area contributed by atoms with Crippen LogP contribution < -0.4 is 0 Å². The van der Waals surface area contributed by atoms with Gasteiger partial charge in [0.15, 0.2) is 0 Å². The Kier molecular flexibility index (Phi) is 8.62. The molecule has 1 saturated heterocycles. The van der Waals surface area contributed by atoms with Crippen molar-refractivity contribution in [3.8, 4) is 0 Å². The molecule has 1 fully saturated rings. The Balaban J connectivity index is 1.78. The smallest absolute Gasteiger partial charge is 0.305 e. The van der Waals surface area contributed by atoms with Crippen molar-refractivity contribution in [2.75, 3.05) is 13.2 Å². The van der Waals surface area contributed by atoms with Crippen molar-refractivity contribution < 1.29 is 14.3 Å². The van der Waals surface area contributed by atoms with Gasteiger partial charge in [-0.25, -0.2) is 0 Å². The summed E-state index contributed by atoms with van der Waals surface area (Å²) in [5, 5.41) is 0.660. The maximum absolute atomic E-state index is 12.5. The van der Waals surface area contributed by atoms with E-state index in [0.717, 1.165) is 31.2 Å². The summed E-state index contributed by atoms with van der Waals surface area (Å²) in [5.74, 6) is -0.208. The minimum Gasteiger partial charge on any atom is -0.466 e. The second kappa shape index (κ2) is 10.7. The molecule has 0 atom stereocenters. The zero-order valence-electron chi connectivity index (χ0n) is 14.7. The number of hydrogen-bond donors (Lipinski definition) is 0. The van der Waals surface area contributed by atoms with Crippen molar-refractivity contribution in [2.45, 2.75) is 39.0 Å². The lowest BCUT2D eigenvalue weighted by Crippen LogP contribution is -2.29. The molecule has 140 valence electrons. The third-order valence-electron chi connectivity index (χ3n) is 3.77. The number of thioether (sulfide) groups is 1. The summed E-state index contributed by atoms with van der Waals surface area (Å²) in [6.07, 6.45) is 5.52. The number of esters is 1. The summed E-state index contributed by atoms with van der Waals surface area (Å²) in [7, 11) is 0. The lowest BCUT2D eigenvalue weighted by atomic mass is 10.2. The minimum atomic E-state index is -0.150. The first-order chi connectivity index (χ1) is 12.5. The van der Waals surface area contributed by atoms with E-state index in [-0.39, 0.29) is 11.9 Å². The van der Waals surface area contributed by atoms with Gasteiger partial charge in [-0.2, -0.15) is 0 Å². The molecule has 1 amide bonds. The highest BCUT2D eigenvalue weighted by Gasteiger charge is 2.31. The fourth-order valence-electron chi connectivity index (χ4n) is 2.41. The lowest BCUT2D eigenvalue weighted by Gasteiger charge is -2.14. The van der Waals surface area contributed by atoms with Gasteiger partial charge in [-0.1, -0.05) is 61.1 Å². The van der Waals surface area contributed by atoms with Crippen molar-refractivity contribution in [1.29, 1.82) is 0 Å². The van der Waals surface area contributed by atoms with Crippen LogP contribution in [0.1, 0.15) is 44.6 Å². The van der Waals surface area contributed by atoms with Crippen LogP contribution in [-0.2, 0) is 14.3 Å². The zero-order chi connectivity index (χ0) is 18.9. The third-order valence-corrected chi connectivity index (χ3v) is 5.40. The number of ether oxygens (including phenoxy) is 1. The molecular weight excluding hydrogens is 390 g/mol. The Morgan fingerprint density at radius 1 is 1.27 bits per heavy atom. The van der Waals surface area contributed by atoms with E-state index in [9.17, 15) is 9.59 Å². The molecule has 1 aliphatic heterocycles. The lowest BCUT2D eigenvalue weighted by molar-refractivity contribution is -0.143. The van der Waals surface area contributed by atoms with Gasteiger partial charge in [0.1, 0.15) is 4.32 Å². The normalized spacial score (nSPS) is 15.8. The van der Waals surface area contributed by atoms with Crippen molar-refractivity contribution in [3.63, 3.8) is 0 Å². The van der Waals surface area contributed by atoms with E-state index in [2.05, 4.69) is 0 Å². The molecule has 0 aromatic heterocycles. The standard InChI is InChI=1S/C19H22ClNO3S2/c1-2-12-24-17(22)6-4-3-5-11-21-18(23)16(26-19(21)25)13-14-7-9-15(20)10-8-14/h7-10,13H,2-6,11-12H2,1H3/b16-13-. The molecule has 0 aliphatic carbocycles.